The normalized spacial score (nSPS) is 11.2. The summed E-state index contributed by atoms with van der Waals surface area (Å²) < 4.78 is 5.58. The molecular formula is C24H23N3O4. The lowest BCUT2D eigenvalue weighted by atomic mass is 10.1. The first-order chi connectivity index (χ1) is 14.9. The lowest BCUT2D eigenvalue weighted by Crippen LogP contribution is -2.47. The van der Waals surface area contributed by atoms with Gasteiger partial charge >= 0.3 is 0 Å². The molecule has 1 atom stereocenters. The zero-order chi connectivity index (χ0) is 22.2. The number of carbonyl (C=O) groups excluding carboxylic acids is 3. The molecule has 7 heteroatoms. The van der Waals surface area contributed by atoms with Crippen LogP contribution < -0.4 is 20.9 Å². The molecule has 0 fully saturated rings. The number of benzene rings is 3. The second kappa shape index (κ2) is 10.1. The minimum Gasteiger partial charge on any atom is -0.481 e. The Morgan fingerprint density at radius 3 is 2.13 bits per heavy atom. The summed E-state index contributed by atoms with van der Waals surface area (Å²) in [7, 11) is 0. The first-order valence-corrected chi connectivity index (χ1v) is 9.72. The topological polar surface area (TPSA) is 96.5 Å². The predicted molar refractivity (Wildman–Crippen MR) is 118 cm³/mol. The molecule has 0 bridgehead atoms. The fourth-order valence-electron chi connectivity index (χ4n) is 2.74. The molecule has 0 spiro atoms. The molecule has 0 saturated heterocycles. The van der Waals surface area contributed by atoms with Crippen molar-refractivity contribution in [3.63, 3.8) is 0 Å². The monoisotopic (exact) mass is 417 g/mol. The summed E-state index contributed by atoms with van der Waals surface area (Å²) in [5, 5.41) is 2.76. The van der Waals surface area contributed by atoms with Crippen LogP contribution in [0.4, 0.5) is 5.69 Å². The number of hydrogen-bond donors (Lipinski definition) is 3. The van der Waals surface area contributed by atoms with Crippen LogP contribution in [0.15, 0.2) is 78.9 Å². The zero-order valence-corrected chi connectivity index (χ0v) is 17.2. The van der Waals surface area contributed by atoms with E-state index in [0.717, 1.165) is 5.56 Å². The third-order valence-electron chi connectivity index (χ3n) is 4.41. The minimum atomic E-state index is -0.794. The van der Waals surface area contributed by atoms with Gasteiger partial charge < -0.3 is 10.1 Å². The van der Waals surface area contributed by atoms with E-state index in [1.54, 1.807) is 61.5 Å². The number of ether oxygens (including phenoxy) is 1. The van der Waals surface area contributed by atoms with Gasteiger partial charge in [0.2, 0.25) is 0 Å². The van der Waals surface area contributed by atoms with Gasteiger partial charge in [0.15, 0.2) is 6.10 Å². The third kappa shape index (κ3) is 6.17. The average molecular weight is 417 g/mol. The summed E-state index contributed by atoms with van der Waals surface area (Å²) in [4.78, 5) is 36.6. The predicted octanol–water partition coefficient (Wildman–Crippen LogP) is 3.48. The van der Waals surface area contributed by atoms with E-state index in [9.17, 15) is 14.4 Å². The Morgan fingerprint density at radius 1 is 0.774 bits per heavy atom. The molecule has 3 N–H and O–H groups in total. The van der Waals surface area contributed by atoms with Gasteiger partial charge in [0.05, 0.1) is 0 Å². The standard InChI is InChI=1S/C24H23N3O4/c1-16-7-6-10-21(15-16)31-17(2)22(28)26-27-24(30)19-11-13-20(14-12-19)25-23(29)18-8-4-3-5-9-18/h3-15,17H,1-2H3,(H,25,29)(H,26,28)(H,27,30). The largest absolute Gasteiger partial charge is 0.481 e. The highest BCUT2D eigenvalue weighted by atomic mass is 16.5. The maximum absolute atomic E-state index is 12.3. The van der Waals surface area contributed by atoms with Crippen molar-refractivity contribution in [2.24, 2.45) is 0 Å². The highest BCUT2D eigenvalue weighted by Crippen LogP contribution is 2.14. The van der Waals surface area contributed by atoms with Gasteiger partial charge in [0, 0.05) is 16.8 Å². The van der Waals surface area contributed by atoms with Crippen LogP contribution in [-0.4, -0.2) is 23.8 Å². The molecule has 3 amide bonds. The molecular weight excluding hydrogens is 394 g/mol. The number of rotatable bonds is 6. The summed E-state index contributed by atoms with van der Waals surface area (Å²) in [5.74, 6) is -0.645. The Morgan fingerprint density at radius 2 is 1.45 bits per heavy atom. The molecule has 0 aliphatic carbocycles. The van der Waals surface area contributed by atoms with Crippen LogP contribution in [-0.2, 0) is 4.79 Å². The summed E-state index contributed by atoms with van der Waals surface area (Å²) in [6.45, 7) is 3.52. The maximum atomic E-state index is 12.3. The summed E-state index contributed by atoms with van der Waals surface area (Å²) >= 11 is 0. The van der Waals surface area contributed by atoms with Crippen molar-refractivity contribution in [3.8, 4) is 5.75 Å². The fourth-order valence-corrected chi connectivity index (χ4v) is 2.74. The Bertz CT molecular complexity index is 1070. The van der Waals surface area contributed by atoms with E-state index in [1.165, 1.54) is 0 Å². The van der Waals surface area contributed by atoms with Crippen molar-refractivity contribution in [3.05, 3.63) is 95.6 Å². The van der Waals surface area contributed by atoms with Crippen LogP contribution in [0.3, 0.4) is 0 Å². The van der Waals surface area contributed by atoms with Crippen LogP contribution in [0.25, 0.3) is 0 Å². The summed E-state index contributed by atoms with van der Waals surface area (Å²) in [5.41, 5.74) is 7.13. The minimum absolute atomic E-state index is 0.243. The Labute approximate surface area is 180 Å². The van der Waals surface area contributed by atoms with Gasteiger partial charge in [-0.2, -0.15) is 0 Å². The van der Waals surface area contributed by atoms with E-state index in [1.807, 2.05) is 31.2 Å². The van der Waals surface area contributed by atoms with Crippen molar-refractivity contribution < 1.29 is 19.1 Å². The number of nitrogens with one attached hydrogen (secondary N) is 3. The first kappa shape index (κ1) is 21.6. The molecule has 7 nitrogen and oxygen atoms in total. The smallest absolute Gasteiger partial charge is 0.279 e. The highest BCUT2D eigenvalue weighted by molar-refractivity contribution is 6.04. The molecule has 158 valence electrons. The first-order valence-electron chi connectivity index (χ1n) is 9.72. The van der Waals surface area contributed by atoms with Crippen LogP contribution >= 0.6 is 0 Å². The number of aryl methyl sites for hydroxylation is 1. The quantitative estimate of drug-likeness (QED) is 0.535. The second-order valence-corrected chi connectivity index (χ2v) is 6.92. The van der Waals surface area contributed by atoms with Crippen LogP contribution in [0.2, 0.25) is 0 Å². The molecule has 1 unspecified atom stereocenters. The number of carbonyl (C=O) groups is 3. The van der Waals surface area contributed by atoms with E-state index in [0.29, 0.717) is 22.6 Å². The lowest BCUT2D eigenvalue weighted by molar-refractivity contribution is -0.128. The van der Waals surface area contributed by atoms with Crippen LogP contribution in [0.5, 0.6) is 5.75 Å². The molecule has 3 rings (SSSR count). The highest BCUT2D eigenvalue weighted by Gasteiger charge is 2.16. The molecule has 0 aliphatic heterocycles. The average Bonchev–Trinajstić information content (AvgIpc) is 2.78. The molecule has 0 heterocycles. The van der Waals surface area contributed by atoms with Crippen molar-refractivity contribution in [2.75, 3.05) is 5.32 Å². The van der Waals surface area contributed by atoms with Crippen LogP contribution in [0.1, 0.15) is 33.2 Å². The Balaban J connectivity index is 1.50. The third-order valence-corrected chi connectivity index (χ3v) is 4.41. The molecule has 3 aromatic carbocycles. The second-order valence-electron chi connectivity index (χ2n) is 6.92. The van der Waals surface area contributed by atoms with Gasteiger partial charge in [0.1, 0.15) is 5.75 Å². The van der Waals surface area contributed by atoms with Crippen molar-refractivity contribution in [1.29, 1.82) is 0 Å². The molecule has 0 radical (unpaired) electrons. The van der Waals surface area contributed by atoms with Gasteiger partial charge in [0.25, 0.3) is 17.7 Å². The number of anilines is 1. The number of hydrazine groups is 1. The lowest BCUT2D eigenvalue weighted by Gasteiger charge is -2.15. The number of hydrogen-bond acceptors (Lipinski definition) is 4. The van der Waals surface area contributed by atoms with E-state index >= 15 is 0 Å². The van der Waals surface area contributed by atoms with Gasteiger partial charge in [-0.05, 0) is 67.9 Å². The van der Waals surface area contributed by atoms with E-state index in [-0.39, 0.29) is 5.91 Å². The van der Waals surface area contributed by atoms with Gasteiger partial charge in [-0.3, -0.25) is 25.2 Å². The Kier molecular flexibility index (Phi) is 7.01. The molecule has 0 aliphatic rings. The summed E-state index contributed by atoms with van der Waals surface area (Å²) in [6, 6.07) is 22.5. The summed E-state index contributed by atoms with van der Waals surface area (Å²) in [6.07, 6.45) is -0.794. The van der Waals surface area contributed by atoms with Crippen LogP contribution in [0, 0.1) is 6.92 Å². The SMILES string of the molecule is Cc1cccc(OC(C)C(=O)NNC(=O)c2ccc(NC(=O)c3ccccc3)cc2)c1. The fraction of sp³-hybridized carbons (Fsp3) is 0.125. The number of amides is 3. The maximum Gasteiger partial charge on any atom is 0.279 e. The van der Waals surface area contributed by atoms with E-state index in [4.69, 9.17) is 4.74 Å². The molecule has 0 saturated carbocycles. The van der Waals surface area contributed by atoms with E-state index < -0.39 is 17.9 Å². The van der Waals surface area contributed by atoms with Gasteiger partial charge in [-0.15, -0.1) is 0 Å². The molecule has 3 aromatic rings. The van der Waals surface area contributed by atoms with Crippen molar-refractivity contribution in [1.82, 2.24) is 10.9 Å². The Hall–Kier alpha value is -4.13. The van der Waals surface area contributed by atoms with Crippen molar-refractivity contribution in [2.45, 2.75) is 20.0 Å². The molecule has 31 heavy (non-hydrogen) atoms. The molecule has 0 aromatic heterocycles. The van der Waals surface area contributed by atoms with Gasteiger partial charge in [-0.1, -0.05) is 30.3 Å². The van der Waals surface area contributed by atoms with Crippen molar-refractivity contribution >= 4 is 23.4 Å². The zero-order valence-electron chi connectivity index (χ0n) is 17.2. The van der Waals surface area contributed by atoms with E-state index in [2.05, 4.69) is 16.2 Å². The van der Waals surface area contributed by atoms with Gasteiger partial charge in [-0.25, -0.2) is 0 Å².